The van der Waals surface area contributed by atoms with E-state index in [2.05, 4.69) is 31.8 Å². The molecule has 0 atom stereocenters. The van der Waals surface area contributed by atoms with E-state index in [0.29, 0.717) is 18.1 Å². The topological polar surface area (TPSA) is 30.0 Å². The molecule has 2 heteroatoms. The number of aromatic nitrogens is 1. The predicted octanol–water partition coefficient (Wildman–Crippen LogP) is 4.36. The lowest BCUT2D eigenvalue weighted by Gasteiger charge is -2.29. The molecule has 0 unspecified atom stereocenters. The summed E-state index contributed by atoms with van der Waals surface area (Å²) in [6.07, 6.45) is 9.04. The van der Waals surface area contributed by atoms with Crippen LogP contribution < -0.4 is 0 Å². The van der Waals surface area contributed by atoms with Crippen LogP contribution >= 0.6 is 0 Å². The number of rotatable bonds is 6. The van der Waals surface area contributed by atoms with Crippen molar-refractivity contribution in [3.8, 4) is 0 Å². The van der Waals surface area contributed by atoms with E-state index in [1.165, 1.54) is 18.4 Å². The van der Waals surface area contributed by atoms with E-state index in [4.69, 9.17) is 0 Å². The Morgan fingerprint density at radius 2 is 2.00 bits per heavy atom. The van der Waals surface area contributed by atoms with Crippen LogP contribution in [0.1, 0.15) is 64.1 Å². The minimum absolute atomic E-state index is 0.0563. The molecule has 1 aromatic rings. The van der Waals surface area contributed by atoms with E-state index in [9.17, 15) is 4.79 Å². The standard InChI is InChI=1S/C18H27NO/c1-4-15-7-8-16(19-13-15)11-17(20)18(12-14(2)3)9-5-6-10-18/h7-8,13-14H,4-6,9-12H2,1-3H3. The van der Waals surface area contributed by atoms with E-state index in [1.54, 1.807) is 0 Å². The maximum absolute atomic E-state index is 12.8. The Bertz CT molecular complexity index is 441. The largest absolute Gasteiger partial charge is 0.299 e. The van der Waals surface area contributed by atoms with Crippen molar-refractivity contribution in [3.63, 3.8) is 0 Å². The summed E-state index contributed by atoms with van der Waals surface area (Å²) in [5, 5.41) is 0. The number of nitrogens with zero attached hydrogens (tertiary/aromatic N) is 1. The van der Waals surface area contributed by atoms with Crippen LogP contribution in [0.3, 0.4) is 0 Å². The Hall–Kier alpha value is -1.18. The van der Waals surface area contributed by atoms with Gasteiger partial charge in [0, 0.05) is 23.7 Å². The molecule has 0 radical (unpaired) electrons. The van der Waals surface area contributed by atoms with Crippen LogP contribution in [-0.4, -0.2) is 10.8 Å². The lowest BCUT2D eigenvalue weighted by molar-refractivity contribution is -0.128. The van der Waals surface area contributed by atoms with Crippen LogP contribution in [-0.2, 0) is 17.6 Å². The summed E-state index contributed by atoms with van der Waals surface area (Å²) in [4.78, 5) is 17.2. The van der Waals surface area contributed by atoms with Crippen LogP contribution in [0, 0.1) is 11.3 Å². The minimum atomic E-state index is -0.0563. The Morgan fingerprint density at radius 3 is 2.50 bits per heavy atom. The molecule has 0 aliphatic heterocycles. The van der Waals surface area contributed by atoms with Gasteiger partial charge in [-0.25, -0.2) is 0 Å². The first-order valence-electron chi connectivity index (χ1n) is 8.03. The highest BCUT2D eigenvalue weighted by Gasteiger charge is 2.40. The van der Waals surface area contributed by atoms with Crippen molar-refractivity contribution in [2.75, 3.05) is 0 Å². The molecule has 2 nitrogen and oxygen atoms in total. The fraction of sp³-hybridized carbons (Fsp3) is 0.667. The summed E-state index contributed by atoms with van der Waals surface area (Å²) in [5.74, 6) is 1.01. The third-order valence-corrected chi connectivity index (χ3v) is 4.59. The van der Waals surface area contributed by atoms with Gasteiger partial charge in [-0.3, -0.25) is 9.78 Å². The quantitative estimate of drug-likeness (QED) is 0.770. The first-order valence-corrected chi connectivity index (χ1v) is 8.03. The molecule has 0 aromatic carbocycles. The third kappa shape index (κ3) is 3.47. The van der Waals surface area contributed by atoms with Crippen molar-refractivity contribution < 1.29 is 4.79 Å². The van der Waals surface area contributed by atoms with Crippen LogP contribution in [0.2, 0.25) is 0 Å². The maximum atomic E-state index is 12.8. The smallest absolute Gasteiger partial charge is 0.144 e. The zero-order valence-electron chi connectivity index (χ0n) is 13.1. The molecule has 20 heavy (non-hydrogen) atoms. The molecule has 110 valence electrons. The van der Waals surface area contributed by atoms with Gasteiger partial charge in [-0.15, -0.1) is 0 Å². The molecular formula is C18H27NO. The van der Waals surface area contributed by atoms with Gasteiger partial charge in [0.2, 0.25) is 0 Å². The summed E-state index contributed by atoms with van der Waals surface area (Å²) >= 11 is 0. The molecule has 0 amide bonds. The van der Waals surface area contributed by atoms with Crippen LogP contribution in [0.25, 0.3) is 0 Å². The monoisotopic (exact) mass is 273 g/mol. The molecule has 0 saturated heterocycles. The molecule has 0 bridgehead atoms. The molecule has 1 aromatic heterocycles. The summed E-state index contributed by atoms with van der Waals surface area (Å²) in [6, 6.07) is 4.12. The van der Waals surface area contributed by atoms with Crippen molar-refractivity contribution in [2.24, 2.45) is 11.3 Å². The first kappa shape index (κ1) is 15.2. The van der Waals surface area contributed by atoms with E-state index in [-0.39, 0.29) is 5.41 Å². The van der Waals surface area contributed by atoms with E-state index in [0.717, 1.165) is 31.4 Å². The van der Waals surface area contributed by atoms with Crippen molar-refractivity contribution in [3.05, 3.63) is 29.6 Å². The van der Waals surface area contributed by atoms with Gasteiger partial charge in [-0.1, -0.05) is 39.7 Å². The molecule has 1 fully saturated rings. The van der Waals surface area contributed by atoms with Crippen molar-refractivity contribution in [2.45, 2.75) is 65.7 Å². The fourth-order valence-electron chi connectivity index (χ4n) is 3.55. The number of aryl methyl sites for hydroxylation is 1. The SMILES string of the molecule is CCc1ccc(CC(=O)C2(CC(C)C)CCCC2)nc1. The molecule has 0 N–H and O–H groups in total. The summed E-state index contributed by atoms with van der Waals surface area (Å²) in [7, 11) is 0. The number of hydrogen-bond acceptors (Lipinski definition) is 2. The van der Waals surface area contributed by atoms with E-state index in [1.807, 2.05) is 12.3 Å². The number of carbonyl (C=O) groups excluding carboxylic acids is 1. The zero-order valence-corrected chi connectivity index (χ0v) is 13.1. The minimum Gasteiger partial charge on any atom is -0.299 e. The number of ketones is 1. The lowest BCUT2D eigenvalue weighted by atomic mass is 9.74. The van der Waals surface area contributed by atoms with Gasteiger partial charge in [0.1, 0.15) is 5.78 Å². The Morgan fingerprint density at radius 1 is 1.30 bits per heavy atom. The number of pyridine rings is 1. The van der Waals surface area contributed by atoms with Gasteiger partial charge >= 0.3 is 0 Å². The average Bonchev–Trinajstić information content (AvgIpc) is 2.88. The van der Waals surface area contributed by atoms with Crippen molar-refractivity contribution in [1.29, 1.82) is 0 Å². The van der Waals surface area contributed by atoms with Crippen LogP contribution in [0.5, 0.6) is 0 Å². The molecule has 0 spiro atoms. The summed E-state index contributed by atoms with van der Waals surface area (Å²) in [6.45, 7) is 6.57. The first-order chi connectivity index (χ1) is 9.55. The van der Waals surface area contributed by atoms with Crippen LogP contribution in [0.4, 0.5) is 0 Å². The normalized spacial score (nSPS) is 17.6. The molecule has 1 saturated carbocycles. The van der Waals surface area contributed by atoms with Gasteiger partial charge in [0.05, 0.1) is 0 Å². The Labute approximate surface area is 123 Å². The molecule has 2 rings (SSSR count). The third-order valence-electron chi connectivity index (χ3n) is 4.59. The summed E-state index contributed by atoms with van der Waals surface area (Å²) < 4.78 is 0. The van der Waals surface area contributed by atoms with E-state index >= 15 is 0 Å². The van der Waals surface area contributed by atoms with Gasteiger partial charge in [0.15, 0.2) is 0 Å². The second-order valence-corrected chi connectivity index (χ2v) is 6.70. The second kappa shape index (κ2) is 6.51. The molecule has 1 aliphatic carbocycles. The highest BCUT2D eigenvalue weighted by Crippen LogP contribution is 2.44. The van der Waals surface area contributed by atoms with Crippen LogP contribution in [0.15, 0.2) is 18.3 Å². The number of Topliss-reactive ketones (excluding diaryl/α,β-unsaturated/α-hetero) is 1. The molecule has 1 heterocycles. The maximum Gasteiger partial charge on any atom is 0.144 e. The van der Waals surface area contributed by atoms with Crippen molar-refractivity contribution >= 4 is 5.78 Å². The second-order valence-electron chi connectivity index (χ2n) is 6.70. The molecule has 1 aliphatic rings. The Kier molecular flexibility index (Phi) is 4.95. The highest BCUT2D eigenvalue weighted by molar-refractivity contribution is 5.86. The lowest BCUT2D eigenvalue weighted by Crippen LogP contribution is -2.31. The number of hydrogen-bond donors (Lipinski definition) is 0. The predicted molar refractivity (Wildman–Crippen MR) is 82.7 cm³/mol. The van der Waals surface area contributed by atoms with Gasteiger partial charge in [-0.05, 0) is 43.2 Å². The van der Waals surface area contributed by atoms with Gasteiger partial charge in [0.25, 0.3) is 0 Å². The van der Waals surface area contributed by atoms with E-state index < -0.39 is 0 Å². The average molecular weight is 273 g/mol. The Balaban J connectivity index is 2.08. The highest BCUT2D eigenvalue weighted by atomic mass is 16.1. The van der Waals surface area contributed by atoms with Gasteiger partial charge in [-0.2, -0.15) is 0 Å². The van der Waals surface area contributed by atoms with Gasteiger partial charge < -0.3 is 0 Å². The molecular weight excluding hydrogens is 246 g/mol. The summed E-state index contributed by atoms with van der Waals surface area (Å²) in [5.41, 5.74) is 2.11. The van der Waals surface area contributed by atoms with Crippen molar-refractivity contribution in [1.82, 2.24) is 4.98 Å². The number of carbonyl (C=O) groups is 1. The fourth-order valence-corrected chi connectivity index (χ4v) is 3.55. The zero-order chi connectivity index (χ0) is 14.6.